The number of ether oxygens (including phenoxy) is 1. The lowest BCUT2D eigenvalue weighted by Crippen LogP contribution is -2.51. The van der Waals surface area contributed by atoms with Gasteiger partial charge in [-0.3, -0.25) is 14.5 Å². The maximum absolute atomic E-state index is 13.7. The fourth-order valence-electron chi connectivity index (χ4n) is 4.58. The maximum atomic E-state index is 13.7. The molecule has 0 spiro atoms. The summed E-state index contributed by atoms with van der Waals surface area (Å²) in [6.45, 7) is 5.12. The van der Waals surface area contributed by atoms with E-state index < -0.39 is 35.8 Å². The van der Waals surface area contributed by atoms with Crippen molar-refractivity contribution < 1.29 is 32.3 Å². The highest BCUT2D eigenvalue weighted by Crippen LogP contribution is 2.41. The number of nitrogens with zero attached hydrogens (tertiary/aromatic N) is 3. The summed E-state index contributed by atoms with van der Waals surface area (Å²) in [7, 11) is 0. The number of urea groups is 1. The van der Waals surface area contributed by atoms with Crippen LogP contribution < -0.4 is 5.32 Å². The average molecular weight is 466 g/mol. The zero-order valence-electron chi connectivity index (χ0n) is 18.3. The van der Waals surface area contributed by atoms with Crippen LogP contribution in [0, 0.1) is 0 Å². The number of amides is 4. The van der Waals surface area contributed by atoms with E-state index >= 15 is 0 Å². The van der Waals surface area contributed by atoms with E-state index in [1.165, 1.54) is 28.0 Å². The first-order valence-corrected chi connectivity index (χ1v) is 10.8. The Kier molecular flexibility index (Phi) is 6.08. The number of halogens is 3. The molecule has 0 unspecified atom stereocenters. The third-order valence-corrected chi connectivity index (χ3v) is 6.29. The van der Waals surface area contributed by atoms with Crippen molar-refractivity contribution in [3.8, 4) is 0 Å². The summed E-state index contributed by atoms with van der Waals surface area (Å²) in [6.07, 6.45) is -4.66. The van der Waals surface area contributed by atoms with E-state index in [1.807, 2.05) is 0 Å². The number of carbonyl (C=O) groups is 3. The van der Waals surface area contributed by atoms with Crippen LogP contribution in [0.5, 0.6) is 0 Å². The highest BCUT2D eigenvalue weighted by molar-refractivity contribution is 6.03. The number of rotatable bonds is 4. The molecule has 0 bridgehead atoms. The SMILES string of the molecule is CCN1C(=O)N[C@H](c2ccccc2C(F)(F)F)C2=C1CN([C@H](C)C(=O)N1CCOCC1)C2=O. The van der Waals surface area contributed by atoms with Gasteiger partial charge in [-0.25, -0.2) is 4.79 Å². The molecule has 0 aliphatic carbocycles. The number of benzene rings is 1. The van der Waals surface area contributed by atoms with Gasteiger partial charge in [0.05, 0.1) is 42.6 Å². The van der Waals surface area contributed by atoms with E-state index in [9.17, 15) is 27.6 Å². The summed E-state index contributed by atoms with van der Waals surface area (Å²) in [6, 6.07) is 2.19. The summed E-state index contributed by atoms with van der Waals surface area (Å²) in [5, 5.41) is 2.57. The van der Waals surface area contributed by atoms with Crippen LogP contribution >= 0.6 is 0 Å². The summed E-state index contributed by atoms with van der Waals surface area (Å²) in [4.78, 5) is 43.5. The molecule has 4 rings (SSSR count). The van der Waals surface area contributed by atoms with Gasteiger partial charge in [-0.05, 0) is 25.5 Å². The van der Waals surface area contributed by atoms with Crippen LogP contribution in [-0.4, -0.2) is 78.0 Å². The number of hydrogen-bond donors (Lipinski definition) is 1. The number of nitrogens with one attached hydrogen (secondary N) is 1. The molecule has 3 heterocycles. The van der Waals surface area contributed by atoms with E-state index in [1.54, 1.807) is 18.7 Å². The van der Waals surface area contributed by atoms with Crippen molar-refractivity contribution >= 4 is 17.8 Å². The molecule has 1 N–H and O–H groups in total. The normalized spacial score (nSPS) is 22.5. The van der Waals surface area contributed by atoms with Gasteiger partial charge in [-0.2, -0.15) is 13.2 Å². The lowest BCUT2D eigenvalue weighted by molar-refractivity contribution is -0.145. The maximum Gasteiger partial charge on any atom is 0.416 e. The van der Waals surface area contributed by atoms with Gasteiger partial charge < -0.3 is 19.9 Å². The van der Waals surface area contributed by atoms with E-state index in [2.05, 4.69) is 5.32 Å². The van der Waals surface area contributed by atoms with Gasteiger partial charge in [0.25, 0.3) is 5.91 Å². The fourth-order valence-corrected chi connectivity index (χ4v) is 4.58. The van der Waals surface area contributed by atoms with Crippen LogP contribution in [0.2, 0.25) is 0 Å². The van der Waals surface area contributed by atoms with Gasteiger partial charge in [-0.15, -0.1) is 0 Å². The molecular formula is C22H25F3N4O4. The van der Waals surface area contributed by atoms with E-state index in [4.69, 9.17) is 4.74 Å². The molecule has 0 saturated carbocycles. The molecule has 1 aromatic carbocycles. The van der Waals surface area contributed by atoms with Crippen LogP contribution in [0.25, 0.3) is 0 Å². The lowest BCUT2D eigenvalue weighted by Gasteiger charge is -2.33. The molecule has 11 heteroatoms. The molecule has 0 aromatic heterocycles. The molecule has 2 atom stereocenters. The summed E-state index contributed by atoms with van der Waals surface area (Å²) < 4.78 is 46.4. The molecule has 8 nitrogen and oxygen atoms in total. The fraction of sp³-hybridized carbons (Fsp3) is 0.500. The average Bonchev–Trinajstić information content (AvgIpc) is 3.14. The minimum absolute atomic E-state index is 0.0304. The monoisotopic (exact) mass is 466 g/mol. The highest BCUT2D eigenvalue weighted by Gasteiger charge is 2.48. The first-order chi connectivity index (χ1) is 15.6. The standard InChI is InChI=1S/C22H25F3N4O4/c1-3-28-16-12-29(13(2)19(30)27-8-10-33-11-9-27)20(31)17(16)18(26-21(28)32)14-6-4-5-7-15(14)22(23,24)25/h4-7,13,18H,3,8-12H2,1-2H3,(H,26,32)/t13-,18-/m1/s1. The van der Waals surface area contributed by atoms with Crippen molar-refractivity contribution in [1.29, 1.82) is 0 Å². The first kappa shape index (κ1) is 23.1. The Bertz CT molecular complexity index is 1000. The quantitative estimate of drug-likeness (QED) is 0.737. The van der Waals surface area contributed by atoms with Crippen molar-refractivity contribution in [2.75, 3.05) is 39.4 Å². The number of likely N-dealkylation sites (N-methyl/N-ethyl adjacent to an activating group) is 1. The second kappa shape index (κ2) is 8.69. The van der Waals surface area contributed by atoms with Crippen molar-refractivity contribution in [3.63, 3.8) is 0 Å². The van der Waals surface area contributed by atoms with Gasteiger partial charge in [0.15, 0.2) is 0 Å². The smallest absolute Gasteiger partial charge is 0.378 e. The first-order valence-electron chi connectivity index (χ1n) is 10.8. The summed E-state index contributed by atoms with van der Waals surface area (Å²) in [5.74, 6) is -0.819. The zero-order valence-corrected chi connectivity index (χ0v) is 18.3. The Morgan fingerprint density at radius 3 is 2.52 bits per heavy atom. The van der Waals surface area contributed by atoms with E-state index in [-0.39, 0.29) is 30.1 Å². The van der Waals surface area contributed by atoms with Crippen LogP contribution in [-0.2, 0) is 20.5 Å². The third-order valence-electron chi connectivity index (χ3n) is 6.29. The third kappa shape index (κ3) is 4.05. The Hall–Kier alpha value is -3.08. The van der Waals surface area contributed by atoms with Gasteiger partial charge in [0.2, 0.25) is 5.91 Å². The number of carbonyl (C=O) groups excluding carboxylic acids is 3. The predicted molar refractivity (Wildman–Crippen MR) is 111 cm³/mol. The van der Waals surface area contributed by atoms with Crippen LogP contribution in [0.4, 0.5) is 18.0 Å². The van der Waals surface area contributed by atoms with Gasteiger partial charge in [0.1, 0.15) is 6.04 Å². The molecular weight excluding hydrogens is 441 g/mol. The molecule has 33 heavy (non-hydrogen) atoms. The number of morpholine rings is 1. The van der Waals surface area contributed by atoms with Crippen LogP contribution in [0.3, 0.4) is 0 Å². The van der Waals surface area contributed by atoms with E-state index in [0.717, 1.165) is 6.07 Å². The zero-order chi connectivity index (χ0) is 23.9. The van der Waals surface area contributed by atoms with E-state index in [0.29, 0.717) is 32.0 Å². The summed E-state index contributed by atoms with van der Waals surface area (Å²) >= 11 is 0. The Balaban J connectivity index is 1.71. The van der Waals surface area contributed by atoms with Gasteiger partial charge >= 0.3 is 12.2 Å². The predicted octanol–water partition coefficient (Wildman–Crippen LogP) is 2.14. The molecule has 0 radical (unpaired) electrons. The van der Waals surface area contributed by atoms with Crippen LogP contribution in [0.1, 0.15) is 31.0 Å². The summed E-state index contributed by atoms with van der Waals surface area (Å²) in [5.41, 5.74) is -0.732. The Labute approximate surface area is 188 Å². The largest absolute Gasteiger partial charge is 0.416 e. The van der Waals surface area contributed by atoms with Crippen LogP contribution in [0.15, 0.2) is 35.5 Å². The number of hydrogen-bond acceptors (Lipinski definition) is 4. The van der Waals surface area contributed by atoms with Crippen molar-refractivity contribution in [3.05, 3.63) is 46.7 Å². The highest BCUT2D eigenvalue weighted by atomic mass is 19.4. The van der Waals surface area contributed by atoms with Gasteiger partial charge in [-0.1, -0.05) is 18.2 Å². The van der Waals surface area contributed by atoms with Crippen molar-refractivity contribution in [1.82, 2.24) is 20.0 Å². The Morgan fingerprint density at radius 2 is 1.88 bits per heavy atom. The lowest BCUT2D eigenvalue weighted by atomic mass is 9.91. The minimum atomic E-state index is -4.66. The molecule has 4 amide bonds. The number of alkyl halides is 3. The van der Waals surface area contributed by atoms with Crippen molar-refractivity contribution in [2.24, 2.45) is 0 Å². The Morgan fingerprint density at radius 1 is 1.21 bits per heavy atom. The molecule has 1 saturated heterocycles. The second-order valence-corrected chi connectivity index (χ2v) is 8.12. The van der Waals surface area contributed by atoms with Gasteiger partial charge in [0, 0.05) is 19.6 Å². The molecule has 178 valence electrons. The van der Waals surface area contributed by atoms with Crippen molar-refractivity contribution in [2.45, 2.75) is 32.1 Å². The minimum Gasteiger partial charge on any atom is -0.378 e. The second-order valence-electron chi connectivity index (χ2n) is 8.12. The topological polar surface area (TPSA) is 82.2 Å². The molecule has 1 aromatic rings. The molecule has 3 aliphatic rings. The molecule has 1 fully saturated rings. The molecule has 3 aliphatic heterocycles.